The van der Waals surface area contributed by atoms with Gasteiger partial charge in [0.15, 0.2) is 5.65 Å². The molecule has 3 heterocycles. The van der Waals surface area contributed by atoms with E-state index in [9.17, 15) is 0 Å². The van der Waals surface area contributed by atoms with E-state index in [1.807, 2.05) is 35.0 Å². The van der Waals surface area contributed by atoms with E-state index in [0.29, 0.717) is 18.8 Å². The van der Waals surface area contributed by atoms with Gasteiger partial charge < -0.3 is 14.3 Å². The summed E-state index contributed by atoms with van der Waals surface area (Å²) in [5.41, 5.74) is 4.17. The zero-order valence-electron chi connectivity index (χ0n) is 12.5. The first-order valence-corrected chi connectivity index (χ1v) is 7.59. The first kappa shape index (κ1) is 14.2. The maximum Gasteiger partial charge on any atom is 0.225 e. The molecular weight excluding hydrogens is 314 g/mol. The predicted octanol–water partition coefficient (Wildman–Crippen LogP) is 3.27. The lowest BCUT2D eigenvalue weighted by atomic mass is 10.1. The summed E-state index contributed by atoms with van der Waals surface area (Å²) in [5, 5.41) is 1.36. The van der Waals surface area contributed by atoms with Gasteiger partial charge in [0.25, 0.3) is 0 Å². The molecule has 0 spiro atoms. The number of aromatic nitrogens is 5. The molecular formula is C16H14ClN5O. The fraction of sp³-hybridized carbons (Fsp3) is 0.188. The predicted molar refractivity (Wildman–Crippen MR) is 89.5 cm³/mol. The first-order chi connectivity index (χ1) is 11.3. The second-order valence-electron chi connectivity index (χ2n) is 5.22. The Bertz CT molecular complexity index is 991. The Labute approximate surface area is 137 Å². The van der Waals surface area contributed by atoms with Crippen LogP contribution in [0.15, 0.2) is 36.8 Å². The summed E-state index contributed by atoms with van der Waals surface area (Å²) in [5.74, 6) is 0. The van der Waals surface area contributed by atoms with E-state index in [2.05, 4.69) is 19.9 Å². The number of nitrogens with zero attached hydrogens (tertiary/aromatic N) is 4. The standard InChI is InChI=1S/C16H14ClN5O/c1-23-7-6-22-9-19-14-13(20-16(17)21-15(14)22)11-3-2-10-4-5-18-12(10)8-11/h2-5,8-9,18H,6-7H2,1H3. The van der Waals surface area contributed by atoms with E-state index in [4.69, 9.17) is 16.3 Å². The summed E-state index contributed by atoms with van der Waals surface area (Å²) < 4.78 is 7.04. The minimum atomic E-state index is 0.207. The lowest BCUT2D eigenvalue weighted by molar-refractivity contribution is 0.188. The lowest BCUT2D eigenvalue weighted by Crippen LogP contribution is -2.04. The summed E-state index contributed by atoms with van der Waals surface area (Å²) in [6, 6.07) is 8.14. The maximum atomic E-state index is 6.13. The monoisotopic (exact) mass is 327 g/mol. The highest BCUT2D eigenvalue weighted by atomic mass is 35.5. The molecule has 4 aromatic rings. The second-order valence-corrected chi connectivity index (χ2v) is 5.56. The van der Waals surface area contributed by atoms with Gasteiger partial charge in [-0.1, -0.05) is 12.1 Å². The Morgan fingerprint density at radius 2 is 2.17 bits per heavy atom. The van der Waals surface area contributed by atoms with Crippen LogP contribution in [-0.2, 0) is 11.3 Å². The highest BCUT2D eigenvalue weighted by Crippen LogP contribution is 2.28. The van der Waals surface area contributed by atoms with Crippen molar-refractivity contribution in [3.63, 3.8) is 0 Å². The van der Waals surface area contributed by atoms with Crippen molar-refractivity contribution < 1.29 is 4.74 Å². The number of H-pyrrole nitrogens is 1. The quantitative estimate of drug-likeness (QED) is 0.584. The van der Waals surface area contributed by atoms with Crippen molar-refractivity contribution >= 4 is 33.7 Å². The van der Waals surface area contributed by atoms with Gasteiger partial charge in [0, 0.05) is 30.9 Å². The topological polar surface area (TPSA) is 68.6 Å². The third-order valence-corrected chi connectivity index (χ3v) is 3.97. The van der Waals surface area contributed by atoms with E-state index in [-0.39, 0.29) is 5.28 Å². The van der Waals surface area contributed by atoms with Crippen molar-refractivity contribution in [1.29, 1.82) is 0 Å². The molecule has 0 radical (unpaired) electrons. The molecule has 0 bridgehead atoms. The molecule has 0 aliphatic heterocycles. The average molecular weight is 328 g/mol. The zero-order chi connectivity index (χ0) is 15.8. The van der Waals surface area contributed by atoms with E-state index >= 15 is 0 Å². The Morgan fingerprint density at radius 3 is 3.04 bits per heavy atom. The Kier molecular flexibility index (Phi) is 3.48. The molecule has 1 N–H and O–H groups in total. The molecule has 4 rings (SSSR count). The lowest BCUT2D eigenvalue weighted by Gasteiger charge is -2.05. The van der Waals surface area contributed by atoms with Crippen LogP contribution in [0.1, 0.15) is 0 Å². The summed E-state index contributed by atoms with van der Waals surface area (Å²) in [4.78, 5) is 16.4. The smallest absolute Gasteiger partial charge is 0.225 e. The number of aromatic amines is 1. The summed E-state index contributed by atoms with van der Waals surface area (Å²) in [6.45, 7) is 1.24. The summed E-state index contributed by atoms with van der Waals surface area (Å²) in [7, 11) is 1.66. The Morgan fingerprint density at radius 1 is 1.26 bits per heavy atom. The molecule has 23 heavy (non-hydrogen) atoms. The molecule has 0 amide bonds. The van der Waals surface area contributed by atoms with Crippen molar-refractivity contribution in [1.82, 2.24) is 24.5 Å². The second kappa shape index (κ2) is 5.64. The number of methoxy groups -OCH3 is 1. The van der Waals surface area contributed by atoms with Crippen LogP contribution in [0.25, 0.3) is 33.3 Å². The molecule has 7 heteroatoms. The van der Waals surface area contributed by atoms with Crippen molar-refractivity contribution in [2.75, 3.05) is 13.7 Å². The van der Waals surface area contributed by atoms with Gasteiger partial charge in [-0.25, -0.2) is 9.97 Å². The highest BCUT2D eigenvalue weighted by Gasteiger charge is 2.14. The minimum absolute atomic E-state index is 0.207. The van der Waals surface area contributed by atoms with Crippen molar-refractivity contribution in [3.8, 4) is 11.3 Å². The summed E-state index contributed by atoms with van der Waals surface area (Å²) >= 11 is 6.13. The SMILES string of the molecule is COCCn1cnc2c(-c3ccc4cc[nH]c4c3)nc(Cl)nc21. The Balaban J connectivity index is 1.90. The van der Waals surface area contributed by atoms with Gasteiger partial charge in [0.2, 0.25) is 5.28 Å². The van der Waals surface area contributed by atoms with Gasteiger partial charge in [-0.3, -0.25) is 0 Å². The number of rotatable bonds is 4. The number of hydrogen-bond acceptors (Lipinski definition) is 4. The van der Waals surface area contributed by atoms with Crippen molar-refractivity contribution in [2.24, 2.45) is 0 Å². The Hall–Kier alpha value is -2.44. The molecule has 0 aliphatic rings. The van der Waals surface area contributed by atoms with Crippen LogP contribution in [0, 0.1) is 0 Å². The van der Waals surface area contributed by atoms with Crippen LogP contribution in [0.3, 0.4) is 0 Å². The van der Waals surface area contributed by atoms with Crippen LogP contribution in [0.5, 0.6) is 0 Å². The van der Waals surface area contributed by atoms with Gasteiger partial charge in [-0.2, -0.15) is 4.98 Å². The van der Waals surface area contributed by atoms with Gasteiger partial charge in [-0.05, 0) is 29.1 Å². The van der Waals surface area contributed by atoms with Gasteiger partial charge in [0.05, 0.1) is 12.9 Å². The fourth-order valence-corrected chi connectivity index (χ4v) is 2.83. The number of imidazole rings is 1. The molecule has 0 atom stereocenters. The summed E-state index contributed by atoms with van der Waals surface area (Å²) in [6.07, 6.45) is 3.65. The number of fused-ring (bicyclic) bond motifs is 2. The number of nitrogens with one attached hydrogen (secondary N) is 1. The molecule has 6 nitrogen and oxygen atoms in total. The van der Waals surface area contributed by atoms with E-state index in [1.165, 1.54) is 0 Å². The van der Waals surface area contributed by atoms with Crippen molar-refractivity contribution in [2.45, 2.75) is 6.54 Å². The average Bonchev–Trinajstić information content (AvgIpc) is 3.18. The van der Waals surface area contributed by atoms with Gasteiger partial charge in [-0.15, -0.1) is 0 Å². The molecule has 0 unspecified atom stereocenters. The highest BCUT2D eigenvalue weighted by molar-refractivity contribution is 6.28. The maximum absolute atomic E-state index is 6.13. The molecule has 1 aromatic carbocycles. The van der Waals surface area contributed by atoms with Crippen LogP contribution in [-0.4, -0.2) is 38.2 Å². The molecule has 116 valence electrons. The van der Waals surface area contributed by atoms with E-state index < -0.39 is 0 Å². The third kappa shape index (κ3) is 2.46. The van der Waals surface area contributed by atoms with Crippen LogP contribution >= 0.6 is 11.6 Å². The van der Waals surface area contributed by atoms with E-state index in [1.54, 1.807) is 13.4 Å². The number of ether oxygens (including phenoxy) is 1. The molecule has 3 aromatic heterocycles. The number of halogens is 1. The third-order valence-electron chi connectivity index (χ3n) is 3.80. The molecule has 0 aliphatic carbocycles. The molecule has 0 saturated carbocycles. The fourth-order valence-electron chi connectivity index (χ4n) is 2.67. The van der Waals surface area contributed by atoms with Crippen LogP contribution < -0.4 is 0 Å². The normalized spacial score (nSPS) is 11.6. The first-order valence-electron chi connectivity index (χ1n) is 7.21. The molecule has 0 saturated heterocycles. The minimum Gasteiger partial charge on any atom is -0.383 e. The van der Waals surface area contributed by atoms with Gasteiger partial charge >= 0.3 is 0 Å². The van der Waals surface area contributed by atoms with Crippen LogP contribution in [0.2, 0.25) is 5.28 Å². The largest absolute Gasteiger partial charge is 0.383 e. The zero-order valence-corrected chi connectivity index (χ0v) is 13.2. The van der Waals surface area contributed by atoms with Crippen LogP contribution in [0.4, 0.5) is 0 Å². The van der Waals surface area contributed by atoms with Crippen molar-refractivity contribution in [3.05, 3.63) is 42.1 Å². The number of benzene rings is 1. The number of hydrogen-bond donors (Lipinski definition) is 1. The molecule has 0 fully saturated rings. The van der Waals surface area contributed by atoms with E-state index in [0.717, 1.165) is 27.7 Å². The van der Waals surface area contributed by atoms with Gasteiger partial charge in [0.1, 0.15) is 11.2 Å².